The van der Waals surface area contributed by atoms with Crippen LogP contribution in [0, 0.1) is 53.3 Å². The van der Waals surface area contributed by atoms with E-state index in [9.17, 15) is 0 Å². The highest BCUT2D eigenvalue weighted by Crippen LogP contribution is 2.61. The summed E-state index contributed by atoms with van der Waals surface area (Å²) in [5.41, 5.74) is 0. The molecule has 11 atom stereocenters. The highest BCUT2D eigenvalue weighted by Gasteiger charge is 2.56. The van der Waals surface area contributed by atoms with Crippen molar-refractivity contribution in [1.82, 2.24) is 4.90 Å². The minimum atomic E-state index is 1.00. The molecule has 7 aliphatic rings. The summed E-state index contributed by atoms with van der Waals surface area (Å²) < 4.78 is 0. The van der Waals surface area contributed by atoms with Crippen LogP contribution >= 0.6 is 0 Å². The first-order valence-electron chi connectivity index (χ1n) is 13.6. The maximum absolute atomic E-state index is 3.18. The Balaban J connectivity index is 1.19. The Morgan fingerprint density at radius 1 is 0.464 bits per heavy atom. The van der Waals surface area contributed by atoms with E-state index in [0.29, 0.717) is 0 Å². The van der Waals surface area contributed by atoms with Gasteiger partial charge in [0.15, 0.2) is 0 Å². The van der Waals surface area contributed by atoms with E-state index in [1.807, 2.05) is 0 Å². The average molecular weight is 382 g/mol. The van der Waals surface area contributed by atoms with Gasteiger partial charge in [0.25, 0.3) is 0 Å². The first-order chi connectivity index (χ1) is 13.9. The molecular formula is C27H43N. The van der Waals surface area contributed by atoms with Crippen LogP contribution in [-0.2, 0) is 0 Å². The monoisotopic (exact) mass is 381 g/mol. The fraction of sp³-hybridized carbons (Fsp3) is 1.00. The second-order valence-electron chi connectivity index (χ2n) is 12.6. The highest BCUT2D eigenvalue weighted by atomic mass is 15.2. The molecule has 2 saturated heterocycles. The molecule has 0 aromatic heterocycles. The smallest absolute Gasteiger partial charge is 0.0155 e. The maximum Gasteiger partial charge on any atom is 0.0155 e. The van der Waals surface area contributed by atoms with Gasteiger partial charge in [-0.25, -0.2) is 0 Å². The summed E-state index contributed by atoms with van der Waals surface area (Å²) in [6.45, 7) is 1.47. The van der Waals surface area contributed by atoms with E-state index in [4.69, 9.17) is 0 Å². The Morgan fingerprint density at radius 3 is 2.07 bits per heavy atom. The molecule has 5 aliphatic carbocycles. The standard InChI is InChI=1S/C27H43N/c1-5-17-6-3-11-23-24-16-25-22(15-21(24)13-19(8-1)26(17)23)14-20-9-2-7-18-10-4-12-28(25)27(18)20/h17-27H,1-16H2. The zero-order chi connectivity index (χ0) is 18.2. The molecule has 11 unspecified atom stereocenters. The Morgan fingerprint density at radius 2 is 1.14 bits per heavy atom. The normalized spacial score (nSPS) is 58.1. The van der Waals surface area contributed by atoms with E-state index in [1.165, 1.54) is 18.9 Å². The number of fused-ring (bicyclic) bond motifs is 4. The van der Waals surface area contributed by atoms with E-state index in [0.717, 1.165) is 59.4 Å². The van der Waals surface area contributed by atoms with Gasteiger partial charge < -0.3 is 0 Å². The molecule has 0 bridgehead atoms. The number of piperidine rings is 2. The van der Waals surface area contributed by atoms with Gasteiger partial charge in [0, 0.05) is 12.1 Å². The van der Waals surface area contributed by atoms with Gasteiger partial charge in [-0.15, -0.1) is 0 Å². The largest absolute Gasteiger partial charge is 0.297 e. The van der Waals surface area contributed by atoms with Crippen LogP contribution in [0.4, 0.5) is 0 Å². The van der Waals surface area contributed by atoms with Gasteiger partial charge in [-0.3, -0.25) is 4.90 Å². The van der Waals surface area contributed by atoms with Crippen molar-refractivity contribution >= 4 is 0 Å². The molecule has 7 rings (SSSR count). The van der Waals surface area contributed by atoms with Crippen molar-refractivity contribution in [3.8, 4) is 0 Å². The third-order valence-corrected chi connectivity index (χ3v) is 11.8. The molecule has 0 radical (unpaired) electrons. The SMILES string of the molecule is C1CC2CCCC3C4CC5C(CC4CC(C1)C23)CC1CCCC2CCCN5C21. The first-order valence-corrected chi connectivity index (χ1v) is 13.6. The molecule has 1 nitrogen and oxygen atoms in total. The topological polar surface area (TPSA) is 3.24 Å². The zero-order valence-electron chi connectivity index (χ0n) is 18.1. The Kier molecular flexibility index (Phi) is 4.24. The van der Waals surface area contributed by atoms with Crippen molar-refractivity contribution in [2.75, 3.05) is 6.54 Å². The van der Waals surface area contributed by atoms with E-state index in [-0.39, 0.29) is 0 Å². The molecule has 0 spiro atoms. The lowest BCUT2D eigenvalue weighted by molar-refractivity contribution is -0.137. The molecule has 0 aromatic rings. The van der Waals surface area contributed by atoms with Gasteiger partial charge in [-0.1, -0.05) is 38.5 Å². The molecule has 0 amide bonds. The van der Waals surface area contributed by atoms with Crippen LogP contribution in [0.25, 0.3) is 0 Å². The summed E-state index contributed by atoms with van der Waals surface area (Å²) in [5.74, 6) is 10.1. The van der Waals surface area contributed by atoms with Crippen molar-refractivity contribution in [3.05, 3.63) is 0 Å². The summed E-state index contributed by atoms with van der Waals surface area (Å²) >= 11 is 0. The lowest BCUT2D eigenvalue weighted by Crippen LogP contribution is -2.64. The summed E-state index contributed by atoms with van der Waals surface area (Å²) in [4.78, 5) is 3.18. The van der Waals surface area contributed by atoms with Crippen LogP contribution in [0.5, 0.6) is 0 Å². The molecule has 0 aromatic carbocycles. The molecule has 0 N–H and O–H groups in total. The molecule has 1 heteroatoms. The highest BCUT2D eigenvalue weighted by molar-refractivity contribution is 5.08. The summed E-state index contributed by atoms with van der Waals surface area (Å²) in [5, 5.41) is 0. The van der Waals surface area contributed by atoms with Gasteiger partial charge >= 0.3 is 0 Å². The molecule has 7 fully saturated rings. The van der Waals surface area contributed by atoms with Gasteiger partial charge in [0.1, 0.15) is 0 Å². The second kappa shape index (κ2) is 6.73. The number of rotatable bonds is 0. The minimum Gasteiger partial charge on any atom is -0.297 e. The second-order valence-corrected chi connectivity index (χ2v) is 12.6. The quantitative estimate of drug-likeness (QED) is 0.462. The molecule has 5 saturated carbocycles. The van der Waals surface area contributed by atoms with Crippen molar-refractivity contribution in [1.29, 1.82) is 0 Å². The van der Waals surface area contributed by atoms with Gasteiger partial charge in [-0.05, 0) is 118 Å². The number of nitrogens with zero attached hydrogens (tertiary/aromatic N) is 1. The zero-order valence-corrected chi connectivity index (χ0v) is 18.1. The van der Waals surface area contributed by atoms with E-state index in [1.54, 1.807) is 89.9 Å². The van der Waals surface area contributed by atoms with Crippen LogP contribution in [0.15, 0.2) is 0 Å². The lowest BCUT2D eigenvalue weighted by atomic mass is 9.47. The summed E-state index contributed by atoms with van der Waals surface area (Å²) in [7, 11) is 0. The van der Waals surface area contributed by atoms with E-state index < -0.39 is 0 Å². The predicted octanol–water partition coefficient (Wildman–Crippen LogP) is 6.52. The fourth-order valence-corrected chi connectivity index (χ4v) is 11.2. The third kappa shape index (κ3) is 2.53. The summed E-state index contributed by atoms with van der Waals surface area (Å²) in [6, 6.07) is 2.02. The first kappa shape index (κ1) is 17.6. The van der Waals surface area contributed by atoms with Crippen LogP contribution in [0.2, 0.25) is 0 Å². The fourth-order valence-electron chi connectivity index (χ4n) is 11.2. The van der Waals surface area contributed by atoms with Crippen molar-refractivity contribution in [2.24, 2.45) is 53.3 Å². The molecule has 156 valence electrons. The lowest BCUT2D eigenvalue weighted by Gasteiger charge is -2.63. The van der Waals surface area contributed by atoms with Crippen LogP contribution in [-0.4, -0.2) is 23.5 Å². The van der Waals surface area contributed by atoms with Gasteiger partial charge in [-0.2, -0.15) is 0 Å². The molecule has 2 heterocycles. The Bertz CT molecular complexity index is 545. The third-order valence-electron chi connectivity index (χ3n) is 11.8. The van der Waals surface area contributed by atoms with Crippen molar-refractivity contribution in [2.45, 2.75) is 108 Å². The van der Waals surface area contributed by atoms with Crippen molar-refractivity contribution < 1.29 is 0 Å². The maximum atomic E-state index is 3.18. The van der Waals surface area contributed by atoms with E-state index in [2.05, 4.69) is 4.90 Å². The van der Waals surface area contributed by atoms with Crippen LogP contribution < -0.4 is 0 Å². The number of hydrogen-bond donors (Lipinski definition) is 0. The Labute approximate surface area is 173 Å². The van der Waals surface area contributed by atoms with Crippen LogP contribution in [0.3, 0.4) is 0 Å². The van der Waals surface area contributed by atoms with Crippen LogP contribution in [0.1, 0.15) is 96.3 Å². The summed E-state index contributed by atoms with van der Waals surface area (Å²) in [6.07, 6.45) is 23.9. The predicted molar refractivity (Wildman–Crippen MR) is 115 cm³/mol. The van der Waals surface area contributed by atoms with Gasteiger partial charge in [0.05, 0.1) is 0 Å². The average Bonchev–Trinajstić information content (AvgIpc) is 2.74. The molecule has 2 aliphatic heterocycles. The molecule has 28 heavy (non-hydrogen) atoms. The molecular weight excluding hydrogens is 338 g/mol. The number of hydrogen-bond acceptors (Lipinski definition) is 1. The van der Waals surface area contributed by atoms with E-state index >= 15 is 0 Å². The minimum absolute atomic E-state index is 1.00. The van der Waals surface area contributed by atoms with Crippen molar-refractivity contribution in [3.63, 3.8) is 0 Å². The van der Waals surface area contributed by atoms with Gasteiger partial charge in [0.2, 0.25) is 0 Å². The Hall–Kier alpha value is -0.0400.